The Bertz CT molecular complexity index is 1430. The fourth-order valence-corrected chi connectivity index (χ4v) is 21.7. The van der Waals surface area contributed by atoms with Crippen LogP contribution in [0.2, 0.25) is 0 Å². The third-order valence-corrected chi connectivity index (χ3v) is 26.8. The lowest BCUT2D eigenvalue weighted by atomic mass is 9.87. The molecule has 9 aliphatic rings. The Balaban J connectivity index is 0.984. The minimum absolute atomic E-state index is 0.172. The lowest BCUT2D eigenvalue weighted by Gasteiger charge is -2.40. The van der Waals surface area contributed by atoms with Gasteiger partial charge in [0, 0.05) is 95.0 Å². The van der Waals surface area contributed by atoms with Crippen molar-refractivity contribution >= 4 is 47.0 Å². The van der Waals surface area contributed by atoms with E-state index >= 15 is 0 Å². The number of thioether (sulfide) groups is 4. The Morgan fingerprint density at radius 1 is 0.303 bits per heavy atom. The third-order valence-electron chi connectivity index (χ3n) is 20.8. The molecule has 76 heavy (non-hydrogen) atoms. The van der Waals surface area contributed by atoms with Crippen molar-refractivity contribution in [1.82, 2.24) is 63.8 Å². The van der Waals surface area contributed by atoms with Crippen LogP contribution < -0.4 is 63.8 Å². The van der Waals surface area contributed by atoms with Gasteiger partial charge in [0.2, 0.25) is 0 Å². The van der Waals surface area contributed by atoms with E-state index < -0.39 is 0 Å². The van der Waals surface area contributed by atoms with Gasteiger partial charge in [-0.05, 0) is 98.0 Å². The van der Waals surface area contributed by atoms with Gasteiger partial charge >= 0.3 is 0 Å². The van der Waals surface area contributed by atoms with Crippen LogP contribution in [0.4, 0.5) is 0 Å². The van der Waals surface area contributed by atoms with E-state index in [4.69, 9.17) is 0 Å². The Labute approximate surface area is 482 Å². The zero-order chi connectivity index (χ0) is 53.0. The highest BCUT2D eigenvalue weighted by Gasteiger charge is 2.56. The summed E-state index contributed by atoms with van der Waals surface area (Å²) in [6.07, 6.45) is 27.9. The van der Waals surface area contributed by atoms with Gasteiger partial charge in [0.1, 0.15) is 0 Å². The van der Waals surface area contributed by atoms with E-state index in [2.05, 4.69) is 166 Å². The molecular formula is C60H116N12S4. The van der Waals surface area contributed by atoms with Gasteiger partial charge in [-0.25, -0.2) is 0 Å². The van der Waals surface area contributed by atoms with Gasteiger partial charge in [0.25, 0.3) is 0 Å². The highest BCUT2D eigenvalue weighted by molar-refractivity contribution is 8.00. The van der Waals surface area contributed by atoms with Crippen molar-refractivity contribution in [2.45, 2.75) is 278 Å². The number of fused-ring (bicyclic) bond motifs is 20. The van der Waals surface area contributed by atoms with Gasteiger partial charge in [-0.2, -0.15) is 47.0 Å². The van der Waals surface area contributed by atoms with E-state index in [1.165, 1.54) is 151 Å². The molecule has 0 aromatic heterocycles. The molecule has 0 aromatic carbocycles. The Hall–Kier alpha value is 0.920. The van der Waals surface area contributed by atoms with Crippen molar-refractivity contribution in [3.63, 3.8) is 0 Å². The maximum atomic E-state index is 4.43. The van der Waals surface area contributed by atoms with Crippen molar-refractivity contribution in [1.29, 1.82) is 0 Å². The average molecular weight is 1130 g/mol. The maximum Gasteiger partial charge on any atom is 0.0758 e. The number of hydrogen-bond donors (Lipinski definition) is 12. The Morgan fingerprint density at radius 3 is 0.697 bits per heavy atom. The van der Waals surface area contributed by atoms with Crippen LogP contribution in [0.3, 0.4) is 0 Å². The lowest BCUT2D eigenvalue weighted by Crippen LogP contribution is -2.63. The van der Waals surface area contributed by atoms with E-state index in [0.717, 1.165) is 49.9 Å². The van der Waals surface area contributed by atoms with Gasteiger partial charge in [-0.1, -0.05) is 132 Å². The summed E-state index contributed by atoms with van der Waals surface area (Å²) in [7, 11) is 0. The van der Waals surface area contributed by atoms with Gasteiger partial charge < -0.3 is 21.3 Å². The molecule has 440 valence electrons. The highest BCUT2D eigenvalue weighted by Crippen LogP contribution is 2.41. The number of rotatable bonds is 28. The summed E-state index contributed by atoms with van der Waals surface area (Å²) in [5, 5.41) is 54.8. The molecule has 9 aliphatic heterocycles. The van der Waals surface area contributed by atoms with Crippen LogP contribution in [-0.4, -0.2) is 144 Å². The quantitative estimate of drug-likeness (QED) is 0.0364. The fraction of sp³-hybridized carbons (Fsp3) is 1.00. The van der Waals surface area contributed by atoms with E-state index in [0.29, 0.717) is 68.8 Å². The first-order chi connectivity index (χ1) is 37.3. The normalized spacial score (nSPS) is 41.7. The van der Waals surface area contributed by atoms with E-state index in [9.17, 15) is 0 Å². The van der Waals surface area contributed by atoms with Crippen LogP contribution in [0.1, 0.15) is 184 Å². The third kappa shape index (κ3) is 15.8. The van der Waals surface area contributed by atoms with Crippen molar-refractivity contribution in [2.24, 2.45) is 47.3 Å². The average Bonchev–Trinajstić information content (AvgIpc) is 4.20. The predicted molar refractivity (Wildman–Crippen MR) is 333 cm³/mol. The van der Waals surface area contributed by atoms with Gasteiger partial charge in [0.05, 0.1) is 49.3 Å². The van der Waals surface area contributed by atoms with E-state index in [1.54, 1.807) is 0 Å². The second kappa shape index (κ2) is 31.2. The summed E-state index contributed by atoms with van der Waals surface area (Å²) in [6.45, 7) is 23.5. The summed E-state index contributed by atoms with van der Waals surface area (Å²) in [5.74, 6) is 10.5. The number of unbranched alkanes of at least 4 members (excludes halogenated alkanes) is 4. The van der Waals surface area contributed by atoms with Gasteiger partial charge in [-0.15, -0.1) is 0 Å². The minimum atomic E-state index is 0.172. The molecule has 0 radical (unpaired) electrons. The second-order valence-corrected chi connectivity index (χ2v) is 31.3. The fourth-order valence-electron chi connectivity index (χ4n) is 15.6. The first-order valence-electron chi connectivity index (χ1n) is 32.7. The molecule has 16 atom stereocenters. The summed E-state index contributed by atoms with van der Waals surface area (Å²) in [4.78, 5) is 0. The molecule has 9 fully saturated rings. The van der Waals surface area contributed by atoms with Crippen molar-refractivity contribution in [2.75, 3.05) is 49.2 Å². The topological polar surface area (TPSA) is 144 Å². The van der Waals surface area contributed by atoms with Crippen molar-refractivity contribution in [3.05, 3.63) is 0 Å². The van der Waals surface area contributed by atoms with Gasteiger partial charge in [-0.3, -0.25) is 42.5 Å². The van der Waals surface area contributed by atoms with Crippen molar-refractivity contribution < 1.29 is 0 Å². The predicted octanol–water partition coefficient (Wildman–Crippen LogP) is 8.57. The largest absolute Gasteiger partial charge is 0.310 e. The molecule has 8 bridgehead atoms. The Kier molecular flexibility index (Phi) is 25.2. The minimum Gasteiger partial charge on any atom is -0.310 e. The molecule has 9 rings (SSSR count). The molecule has 12 nitrogen and oxygen atoms in total. The second-order valence-electron chi connectivity index (χ2n) is 26.0. The molecule has 0 spiro atoms. The lowest BCUT2D eigenvalue weighted by molar-refractivity contribution is 0.212. The number of piperidine rings is 4. The highest BCUT2D eigenvalue weighted by atomic mass is 32.2. The van der Waals surface area contributed by atoms with Crippen LogP contribution in [0, 0.1) is 47.3 Å². The van der Waals surface area contributed by atoms with Crippen LogP contribution in [0.25, 0.3) is 0 Å². The summed E-state index contributed by atoms with van der Waals surface area (Å²) in [5.41, 5.74) is 0. The zero-order valence-electron chi connectivity index (χ0n) is 49.3. The molecule has 9 saturated heterocycles. The van der Waals surface area contributed by atoms with E-state index in [-0.39, 0.29) is 49.3 Å². The van der Waals surface area contributed by atoms with Crippen LogP contribution in [-0.2, 0) is 0 Å². The van der Waals surface area contributed by atoms with E-state index in [1.807, 2.05) is 0 Å². The first-order valence-corrected chi connectivity index (χ1v) is 36.9. The molecule has 0 amide bonds. The summed E-state index contributed by atoms with van der Waals surface area (Å²) >= 11 is 9.13. The molecule has 12 N–H and O–H groups in total. The van der Waals surface area contributed by atoms with Crippen LogP contribution in [0.5, 0.6) is 0 Å². The monoisotopic (exact) mass is 1130 g/mol. The Morgan fingerprint density at radius 2 is 0.513 bits per heavy atom. The summed E-state index contributed by atoms with van der Waals surface area (Å²) in [6, 6.07) is 1.47. The molecule has 0 aromatic rings. The van der Waals surface area contributed by atoms with Gasteiger partial charge in [0.15, 0.2) is 0 Å². The first kappa shape index (κ1) is 61.5. The van der Waals surface area contributed by atoms with Crippen LogP contribution in [0.15, 0.2) is 0 Å². The zero-order valence-corrected chi connectivity index (χ0v) is 52.6. The molecule has 16 unspecified atom stereocenters. The standard InChI is InChI=1S/C60H116N12S4/c1-9-17-21-37(13-5)33-73-41-25-45-49(61-29-41)57-65-53(45)69-58-50-46(26-42(30-62-50)74-34-38(14-6)22-18-10-2)55(66-58)71-60-52-48(28-44(32-64-52)76-36-40(16-8)24-20-12-4)56(68-60)72-59-51-47(54(67-59)70-57)27-43(31-63-51)75-35-39(15-7)23-19-11-3/h37-72H,9-36H2,1-8H3. The smallest absolute Gasteiger partial charge is 0.0758 e. The maximum absolute atomic E-state index is 4.43. The molecule has 0 saturated carbocycles. The number of nitrogens with one attached hydrogen (secondary N) is 12. The molecule has 0 aliphatic carbocycles. The number of hydrogen-bond acceptors (Lipinski definition) is 16. The van der Waals surface area contributed by atoms with Crippen LogP contribution >= 0.6 is 47.0 Å². The molecule has 16 heteroatoms. The summed E-state index contributed by atoms with van der Waals surface area (Å²) < 4.78 is 0. The SMILES string of the molecule is CCCCC(CC)CSC1CNC2C3NC(NC4NC(NC5NC(NC6NC(N3)C3CC(SCC(CC)CCCC)CNC63)C3CC(SCC(CC)CCCC)CNC53)C3CC(SCC(CC)CCCC)CNC43)C2C1. The molecular weight excluding hydrogens is 1020 g/mol. The molecule has 9 heterocycles. The van der Waals surface area contributed by atoms with Crippen molar-refractivity contribution in [3.8, 4) is 0 Å².